The molecule has 0 heterocycles. The summed E-state index contributed by atoms with van der Waals surface area (Å²) in [5, 5.41) is 0. The molecule has 0 N–H and O–H groups in total. The Labute approximate surface area is 62.4 Å². The molecular weight excluding hydrogens is 131 g/mol. The summed E-state index contributed by atoms with van der Waals surface area (Å²) in [5.41, 5.74) is 0. The van der Waals surface area contributed by atoms with Crippen LogP contribution < -0.4 is 0 Å². The van der Waals surface area contributed by atoms with E-state index in [0.29, 0.717) is 6.10 Å². The highest BCUT2D eigenvalue weighted by atomic mass is 19.0. The van der Waals surface area contributed by atoms with Gasteiger partial charge >= 0.3 is 0 Å². The van der Waals surface area contributed by atoms with Crippen molar-refractivity contribution in [2.75, 3.05) is 0 Å². The summed E-state index contributed by atoms with van der Waals surface area (Å²) in [7, 11) is 0. The minimum Gasteiger partial charge on any atom is -0.499 e. The molecule has 0 aliphatic carbocycles. The predicted molar refractivity (Wildman–Crippen MR) is 42.8 cm³/mol. The van der Waals surface area contributed by atoms with Crippen LogP contribution in [-0.4, -0.2) is 6.10 Å². The average molecular weight is 148 g/mol. The molecule has 0 saturated carbocycles. The molecule has 10 heavy (non-hydrogen) atoms. The van der Waals surface area contributed by atoms with Gasteiger partial charge in [-0.25, -0.2) is 0 Å². The standard InChI is InChI=1S/C8H16O.FH/c1-4-6-7-8(3)9-5-2;/h5,8H,2,4,6-7H2,1,3H3;1H. The molecule has 0 aromatic rings. The van der Waals surface area contributed by atoms with Gasteiger partial charge in [-0.2, -0.15) is 0 Å². The maximum Gasteiger partial charge on any atom is 0.0950 e. The number of hydrogen-bond donors (Lipinski definition) is 0. The van der Waals surface area contributed by atoms with Gasteiger partial charge in [0.2, 0.25) is 0 Å². The molecule has 0 amide bonds. The van der Waals surface area contributed by atoms with Crippen LogP contribution in [0.15, 0.2) is 12.8 Å². The van der Waals surface area contributed by atoms with Crippen LogP contribution in [0.25, 0.3) is 0 Å². The van der Waals surface area contributed by atoms with Gasteiger partial charge in [0.05, 0.1) is 12.4 Å². The fourth-order valence-corrected chi connectivity index (χ4v) is 0.724. The van der Waals surface area contributed by atoms with E-state index in [9.17, 15) is 0 Å². The highest BCUT2D eigenvalue weighted by molar-refractivity contribution is 4.56. The molecule has 2 heteroatoms. The summed E-state index contributed by atoms with van der Waals surface area (Å²) in [4.78, 5) is 0. The smallest absolute Gasteiger partial charge is 0.0950 e. The number of hydrogen-bond acceptors (Lipinski definition) is 1. The van der Waals surface area contributed by atoms with E-state index in [4.69, 9.17) is 4.74 Å². The van der Waals surface area contributed by atoms with Crippen LogP contribution in [0.4, 0.5) is 4.70 Å². The Morgan fingerprint density at radius 3 is 2.60 bits per heavy atom. The zero-order valence-electron chi connectivity index (χ0n) is 6.80. The van der Waals surface area contributed by atoms with Crippen LogP contribution in [0.2, 0.25) is 0 Å². The maximum absolute atomic E-state index is 5.11. The molecular formula is C8H17FO. The summed E-state index contributed by atoms with van der Waals surface area (Å²) in [6, 6.07) is 0. The van der Waals surface area contributed by atoms with Gasteiger partial charge in [0, 0.05) is 0 Å². The number of halogens is 1. The SMILES string of the molecule is C=COC(C)CCCC.F. The summed E-state index contributed by atoms with van der Waals surface area (Å²) in [5.74, 6) is 0. The second-order valence-electron chi connectivity index (χ2n) is 2.26. The lowest BCUT2D eigenvalue weighted by Gasteiger charge is -2.08. The van der Waals surface area contributed by atoms with Crippen LogP contribution in [0.3, 0.4) is 0 Å². The zero-order valence-corrected chi connectivity index (χ0v) is 6.80. The molecule has 0 aliphatic rings. The Balaban J connectivity index is 0. The molecule has 0 saturated heterocycles. The van der Waals surface area contributed by atoms with Gasteiger partial charge in [0.15, 0.2) is 0 Å². The molecule has 1 unspecified atom stereocenters. The number of rotatable bonds is 5. The van der Waals surface area contributed by atoms with E-state index >= 15 is 0 Å². The Morgan fingerprint density at radius 2 is 2.20 bits per heavy atom. The van der Waals surface area contributed by atoms with E-state index in [1.54, 1.807) is 0 Å². The molecule has 0 aliphatic heterocycles. The molecule has 0 fully saturated rings. The van der Waals surface area contributed by atoms with Crippen LogP contribution in [-0.2, 0) is 4.74 Å². The first kappa shape index (κ1) is 12.2. The molecule has 0 rings (SSSR count). The second-order valence-corrected chi connectivity index (χ2v) is 2.26. The van der Waals surface area contributed by atoms with E-state index in [1.165, 1.54) is 19.1 Å². The molecule has 0 spiro atoms. The van der Waals surface area contributed by atoms with Gasteiger partial charge in [-0.05, 0) is 13.3 Å². The summed E-state index contributed by atoms with van der Waals surface area (Å²) >= 11 is 0. The van der Waals surface area contributed by atoms with E-state index < -0.39 is 0 Å². The molecule has 0 radical (unpaired) electrons. The fourth-order valence-electron chi connectivity index (χ4n) is 0.724. The topological polar surface area (TPSA) is 9.23 Å². The first-order valence-electron chi connectivity index (χ1n) is 3.57. The lowest BCUT2D eigenvalue weighted by Crippen LogP contribution is -2.02. The van der Waals surface area contributed by atoms with Crippen LogP contribution in [0.1, 0.15) is 33.1 Å². The lowest BCUT2D eigenvalue weighted by atomic mass is 10.2. The molecule has 0 aromatic heterocycles. The monoisotopic (exact) mass is 148 g/mol. The van der Waals surface area contributed by atoms with Crippen molar-refractivity contribution in [1.82, 2.24) is 0 Å². The minimum absolute atomic E-state index is 0. The summed E-state index contributed by atoms with van der Waals surface area (Å²) < 4.78 is 5.11. The Morgan fingerprint density at radius 1 is 1.60 bits per heavy atom. The van der Waals surface area contributed by atoms with Crippen molar-refractivity contribution in [3.63, 3.8) is 0 Å². The largest absolute Gasteiger partial charge is 0.499 e. The molecule has 0 bridgehead atoms. The van der Waals surface area contributed by atoms with Gasteiger partial charge < -0.3 is 4.74 Å². The van der Waals surface area contributed by atoms with Gasteiger partial charge in [-0.15, -0.1) is 0 Å². The van der Waals surface area contributed by atoms with E-state index in [0.717, 1.165) is 6.42 Å². The third kappa shape index (κ3) is 7.47. The summed E-state index contributed by atoms with van der Waals surface area (Å²) in [6.45, 7) is 7.73. The number of unbranched alkanes of at least 4 members (excludes halogenated alkanes) is 1. The van der Waals surface area contributed by atoms with Crippen LogP contribution in [0.5, 0.6) is 0 Å². The minimum atomic E-state index is 0. The molecule has 62 valence electrons. The van der Waals surface area contributed by atoms with Crippen molar-refractivity contribution in [2.45, 2.75) is 39.2 Å². The predicted octanol–water partition coefficient (Wildman–Crippen LogP) is 2.88. The summed E-state index contributed by atoms with van der Waals surface area (Å²) in [6.07, 6.45) is 5.49. The highest BCUT2D eigenvalue weighted by Crippen LogP contribution is 2.02. The van der Waals surface area contributed by atoms with E-state index in [-0.39, 0.29) is 4.70 Å². The normalized spacial score (nSPS) is 11.4. The molecule has 1 nitrogen and oxygen atoms in total. The third-order valence-electron chi connectivity index (χ3n) is 1.29. The van der Waals surface area contributed by atoms with Crippen molar-refractivity contribution in [1.29, 1.82) is 0 Å². The van der Waals surface area contributed by atoms with Crippen molar-refractivity contribution in [3.05, 3.63) is 12.8 Å². The Bertz CT molecular complexity index is 73.7. The average Bonchev–Trinajstić information content (AvgIpc) is 1.85. The quantitative estimate of drug-likeness (QED) is 0.545. The van der Waals surface area contributed by atoms with E-state index in [1.807, 2.05) is 0 Å². The first-order chi connectivity index (χ1) is 4.31. The van der Waals surface area contributed by atoms with Gasteiger partial charge in [0.25, 0.3) is 0 Å². The first-order valence-corrected chi connectivity index (χ1v) is 3.57. The fraction of sp³-hybridized carbons (Fsp3) is 0.750. The van der Waals surface area contributed by atoms with Gasteiger partial charge in [-0.1, -0.05) is 26.3 Å². The molecule has 1 atom stereocenters. The highest BCUT2D eigenvalue weighted by Gasteiger charge is 1.96. The Hall–Kier alpha value is -0.530. The van der Waals surface area contributed by atoms with Gasteiger partial charge in [-0.3, -0.25) is 4.70 Å². The van der Waals surface area contributed by atoms with E-state index in [2.05, 4.69) is 20.4 Å². The van der Waals surface area contributed by atoms with Crippen LogP contribution in [0, 0.1) is 0 Å². The number of ether oxygens (including phenoxy) is 1. The van der Waals surface area contributed by atoms with Crippen molar-refractivity contribution < 1.29 is 9.44 Å². The zero-order chi connectivity index (χ0) is 7.11. The second kappa shape index (κ2) is 8.47. The lowest BCUT2D eigenvalue weighted by molar-refractivity contribution is 0.151. The Kier molecular flexibility index (Phi) is 10.3. The van der Waals surface area contributed by atoms with Crippen molar-refractivity contribution in [2.24, 2.45) is 0 Å². The third-order valence-corrected chi connectivity index (χ3v) is 1.29. The molecule has 0 aromatic carbocycles. The van der Waals surface area contributed by atoms with Crippen molar-refractivity contribution >= 4 is 0 Å². The van der Waals surface area contributed by atoms with Crippen molar-refractivity contribution in [3.8, 4) is 0 Å². The van der Waals surface area contributed by atoms with Gasteiger partial charge in [0.1, 0.15) is 0 Å². The van der Waals surface area contributed by atoms with Crippen LogP contribution >= 0.6 is 0 Å². The maximum atomic E-state index is 5.11.